The van der Waals surface area contributed by atoms with Gasteiger partial charge in [0.15, 0.2) is 0 Å². The second-order valence-electron chi connectivity index (χ2n) is 3.34. The third kappa shape index (κ3) is 1.64. The van der Waals surface area contributed by atoms with Crippen molar-refractivity contribution in [3.8, 4) is 0 Å². The van der Waals surface area contributed by atoms with Crippen molar-refractivity contribution >= 4 is 0 Å². The number of nitrogens with zero attached hydrogens (tertiary/aromatic N) is 2. The summed E-state index contributed by atoms with van der Waals surface area (Å²) in [6.07, 6.45) is 3.95. The largest absolute Gasteiger partial charge is 0.322 e. The van der Waals surface area contributed by atoms with Crippen LogP contribution in [0.5, 0.6) is 0 Å². The standard InChI is InChI=1S/C10H14N4/c1-8-10(9(2)13-12-8)7-11-14-5-3-4-6-14/h3-6,11H,7H2,1-2H3,(H,12,13). The molecule has 14 heavy (non-hydrogen) atoms. The number of nitrogens with one attached hydrogen (secondary N) is 2. The fourth-order valence-electron chi connectivity index (χ4n) is 1.44. The SMILES string of the molecule is Cc1n[nH]c(C)c1CNn1cccc1. The van der Waals surface area contributed by atoms with Crippen LogP contribution in [0.3, 0.4) is 0 Å². The third-order valence-electron chi connectivity index (χ3n) is 2.32. The Morgan fingerprint density at radius 1 is 1.36 bits per heavy atom. The lowest BCUT2D eigenvalue weighted by atomic mass is 10.2. The Hall–Kier alpha value is -1.71. The molecular weight excluding hydrogens is 176 g/mol. The zero-order chi connectivity index (χ0) is 9.97. The van der Waals surface area contributed by atoms with Gasteiger partial charge in [0.25, 0.3) is 0 Å². The summed E-state index contributed by atoms with van der Waals surface area (Å²) in [5.74, 6) is 0. The highest BCUT2D eigenvalue weighted by molar-refractivity contribution is 5.24. The highest BCUT2D eigenvalue weighted by atomic mass is 15.4. The summed E-state index contributed by atoms with van der Waals surface area (Å²) < 4.78 is 1.94. The highest BCUT2D eigenvalue weighted by Crippen LogP contribution is 2.08. The van der Waals surface area contributed by atoms with Gasteiger partial charge in [-0.2, -0.15) is 5.10 Å². The lowest BCUT2D eigenvalue weighted by Crippen LogP contribution is -2.12. The Morgan fingerprint density at radius 2 is 2.07 bits per heavy atom. The van der Waals surface area contributed by atoms with Crippen molar-refractivity contribution < 1.29 is 0 Å². The third-order valence-corrected chi connectivity index (χ3v) is 2.32. The van der Waals surface area contributed by atoms with Gasteiger partial charge in [-0.1, -0.05) is 0 Å². The molecule has 0 aliphatic carbocycles. The van der Waals surface area contributed by atoms with Gasteiger partial charge in [-0.3, -0.25) is 9.77 Å². The predicted molar refractivity (Wildman–Crippen MR) is 55.6 cm³/mol. The van der Waals surface area contributed by atoms with Crippen LogP contribution in [0.1, 0.15) is 17.0 Å². The summed E-state index contributed by atoms with van der Waals surface area (Å²) >= 11 is 0. The summed E-state index contributed by atoms with van der Waals surface area (Å²) in [6.45, 7) is 4.84. The second kappa shape index (κ2) is 3.57. The first-order valence-corrected chi connectivity index (χ1v) is 4.64. The molecule has 2 rings (SSSR count). The van der Waals surface area contributed by atoms with Crippen LogP contribution in [0.15, 0.2) is 24.5 Å². The molecule has 0 saturated heterocycles. The van der Waals surface area contributed by atoms with E-state index in [0.717, 1.165) is 17.9 Å². The molecule has 2 aromatic rings. The van der Waals surface area contributed by atoms with E-state index < -0.39 is 0 Å². The number of aryl methyl sites for hydroxylation is 2. The van der Waals surface area contributed by atoms with Gasteiger partial charge in [0.1, 0.15) is 0 Å². The second-order valence-corrected chi connectivity index (χ2v) is 3.34. The van der Waals surface area contributed by atoms with Crippen LogP contribution in [-0.4, -0.2) is 14.9 Å². The van der Waals surface area contributed by atoms with Crippen molar-refractivity contribution in [2.45, 2.75) is 20.4 Å². The van der Waals surface area contributed by atoms with Crippen molar-refractivity contribution in [2.24, 2.45) is 0 Å². The molecule has 0 fully saturated rings. The lowest BCUT2D eigenvalue weighted by Gasteiger charge is -2.07. The minimum Gasteiger partial charge on any atom is -0.322 e. The predicted octanol–water partition coefficient (Wildman–Crippen LogP) is 1.57. The molecule has 74 valence electrons. The van der Waals surface area contributed by atoms with Gasteiger partial charge in [0, 0.05) is 23.7 Å². The molecule has 0 amide bonds. The van der Waals surface area contributed by atoms with Crippen molar-refractivity contribution in [2.75, 3.05) is 5.43 Å². The molecule has 0 atom stereocenters. The number of aromatic amines is 1. The van der Waals surface area contributed by atoms with Crippen LogP contribution in [-0.2, 0) is 6.54 Å². The van der Waals surface area contributed by atoms with Gasteiger partial charge in [-0.25, -0.2) is 0 Å². The summed E-state index contributed by atoms with van der Waals surface area (Å²) in [5.41, 5.74) is 6.68. The first-order chi connectivity index (χ1) is 6.77. The zero-order valence-electron chi connectivity index (χ0n) is 8.41. The summed E-state index contributed by atoms with van der Waals surface area (Å²) in [7, 11) is 0. The van der Waals surface area contributed by atoms with E-state index in [1.54, 1.807) is 0 Å². The molecule has 0 bridgehead atoms. The van der Waals surface area contributed by atoms with Gasteiger partial charge >= 0.3 is 0 Å². The maximum Gasteiger partial charge on any atom is 0.0644 e. The number of rotatable bonds is 3. The lowest BCUT2D eigenvalue weighted by molar-refractivity contribution is 0.840. The molecule has 2 N–H and O–H groups in total. The molecule has 0 saturated carbocycles. The van der Waals surface area contributed by atoms with Gasteiger partial charge in [0.2, 0.25) is 0 Å². The van der Waals surface area contributed by atoms with E-state index in [4.69, 9.17) is 0 Å². The molecule has 4 nitrogen and oxygen atoms in total. The molecule has 4 heteroatoms. The van der Waals surface area contributed by atoms with Gasteiger partial charge in [-0.05, 0) is 26.0 Å². The molecule has 2 aromatic heterocycles. The average Bonchev–Trinajstić information content (AvgIpc) is 2.76. The first kappa shape index (κ1) is 8.87. The fraction of sp³-hybridized carbons (Fsp3) is 0.300. The maximum atomic E-state index is 4.14. The molecule has 0 aromatic carbocycles. The topological polar surface area (TPSA) is 45.6 Å². The molecule has 2 heterocycles. The fourth-order valence-corrected chi connectivity index (χ4v) is 1.44. The van der Waals surface area contributed by atoms with E-state index in [2.05, 4.69) is 15.6 Å². The van der Waals surface area contributed by atoms with Crippen molar-refractivity contribution in [1.29, 1.82) is 0 Å². The Kier molecular flexibility index (Phi) is 2.26. The Morgan fingerprint density at radius 3 is 2.64 bits per heavy atom. The normalized spacial score (nSPS) is 10.4. The Bertz CT molecular complexity index is 380. The van der Waals surface area contributed by atoms with Gasteiger partial charge in [0.05, 0.1) is 12.2 Å². The van der Waals surface area contributed by atoms with Crippen LogP contribution < -0.4 is 5.43 Å². The highest BCUT2D eigenvalue weighted by Gasteiger charge is 2.04. The summed E-state index contributed by atoms with van der Waals surface area (Å²) in [5, 5.41) is 7.11. The first-order valence-electron chi connectivity index (χ1n) is 4.64. The van der Waals surface area contributed by atoms with Crippen molar-refractivity contribution in [3.63, 3.8) is 0 Å². The monoisotopic (exact) mass is 190 g/mol. The van der Waals surface area contributed by atoms with E-state index in [-0.39, 0.29) is 0 Å². The smallest absolute Gasteiger partial charge is 0.0644 e. The molecule has 0 aliphatic heterocycles. The van der Waals surface area contributed by atoms with Crippen LogP contribution in [0, 0.1) is 13.8 Å². The molecule has 0 spiro atoms. The molecule has 0 aliphatic rings. The summed E-state index contributed by atoms with van der Waals surface area (Å²) in [4.78, 5) is 0. The van der Waals surface area contributed by atoms with E-state index in [1.165, 1.54) is 5.56 Å². The van der Waals surface area contributed by atoms with E-state index in [9.17, 15) is 0 Å². The van der Waals surface area contributed by atoms with E-state index in [0.29, 0.717) is 0 Å². The van der Waals surface area contributed by atoms with Crippen LogP contribution >= 0.6 is 0 Å². The zero-order valence-corrected chi connectivity index (χ0v) is 8.41. The molecule has 0 radical (unpaired) electrons. The molecule has 0 unspecified atom stereocenters. The van der Waals surface area contributed by atoms with E-state index in [1.807, 2.05) is 43.0 Å². The number of hydrogen-bond donors (Lipinski definition) is 2. The van der Waals surface area contributed by atoms with Crippen LogP contribution in [0.25, 0.3) is 0 Å². The quantitative estimate of drug-likeness (QED) is 0.771. The minimum absolute atomic E-state index is 0.794. The van der Waals surface area contributed by atoms with E-state index >= 15 is 0 Å². The van der Waals surface area contributed by atoms with Gasteiger partial charge in [-0.15, -0.1) is 0 Å². The Labute approximate surface area is 82.9 Å². The maximum absolute atomic E-state index is 4.14. The number of hydrogen-bond acceptors (Lipinski definition) is 2. The average molecular weight is 190 g/mol. The minimum atomic E-state index is 0.794. The van der Waals surface area contributed by atoms with Crippen LogP contribution in [0.4, 0.5) is 0 Å². The number of H-pyrrole nitrogens is 1. The Balaban J connectivity index is 2.05. The van der Waals surface area contributed by atoms with Crippen molar-refractivity contribution in [1.82, 2.24) is 14.9 Å². The van der Waals surface area contributed by atoms with Gasteiger partial charge < -0.3 is 5.43 Å². The summed E-state index contributed by atoms with van der Waals surface area (Å²) in [6, 6.07) is 3.98. The van der Waals surface area contributed by atoms with Crippen LogP contribution in [0.2, 0.25) is 0 Å². The van der Waals surface area contributed by atoms with Crippen molar-refractivity contribution in [3.05, 3.63) is 41.5 Å². The molecular formula is C10H14N4. The number of aromatic nitrogens is 3.